The second-order valence-corrected chi connectivity index (χ2v) is 15.8. The fraction of sp³-hybridized carbons (Fsp3) is 0.513. The highest BCUT2D eigenvalue weighted by Crippen LogP contribution is 2.32. The summed E-state index contributed by atoms with van der Waals surface area (Å²) in [5, 5.41) is 10.2. The third-order valence-electron chi connectivity index (χ3n) is 11.5. The number of amides is 3. The highest BCUT2D eigenvalue weighted by molar-refractivity contribution is 9.10. The van der Waals surface area contributed by atoms with E-state index in [0.717, 1.165) is 88.3 Å². The Morgan fingerprint density at radius 1 is 0.923 bits per heavy atom. The lowest BCUT2D eigenvalue weighted by atomic mass is 9.87. The molecule has 3 aromatic rings. The fourth-order valence-electron chi connectivity index (χ4n) is 8.59. The molecule has 13 heteroatoms. The standard InChI is InChI=1S/C39H49BrN8O4/c1-25-20-31(8-9-32(25)33-10-11-35(49)43-37(33)50)47-18-16-46(17-19-47)30-12-14-48(15-13-30)38(51)27-6-4-26(5-7-27)28-21-29(24-44(2)23-28)42-34-22-41-45(3)39(52)36(34)40/h4-9,20,22,28-30,33,42H,10-19,21,23-24H2,1-3H3,(H,43,49,50)/t28-,29+,33?/m1/s1. The molecule has 12 nitrogen and oxygen atoms in total. The topological polar surface area (TPSA) is 123 Å². The van der Waals surface area contributed by atoms with Crippen LogP contribution in [0.25, 0.3) is 0 Å². The van der Waals surface area contributed by atoms with Crippen molar-refractivity contribution in [3.05, 3.63) is 85.7 Å². The van der Waals surface area contributed by atoms with Crippen LogP contribution < -0.4 is 21.1 Å². The first kappa shape index (κ1) is 36.3. The first-order valence-electron chi connectivity index (χ1n) is 18.5. The number of halogens is 1. The lowest BCUT2D eigenvalue weighted by molar-refractivity contribution is -0.134. The molecule has 4 fully saturated rings. The van der Waals surface area contributed by atoms with E-state index in [9.17, 15) is 19.2 Å². The number of aromatic nitrogens is 2. The van der Waals surface area contributed by atoms with E-state index in [1.54, 1.807) is 13.2 Å². The number of piperazine rings is 1. The van der Waals surface area contributed by atoms with Crippen molar-refractivity contribution < 1.29 is 14.4 Å². The van der Waals surface area contributed by atoms with Gasteiger partial charge in [0.2, 0.25) is 11.8 Å². The third-order valence-corrected chi connectivity index (χ3v) is 12.3. The number of aryl methyl sites for hydroxylation is 2. The van der Waals surface area contributed by atoms with Crippen LogP contribution in [0.3, 0.4) is 0 Å². The minimum atomic E-state index is -0.261. The van der Waals surface area contributed by atoms with Gasteiger partial charge in [-0.3, -0.25) is 29.4 Å². The molecule has 0 bridgehead atoms. The number of hydrogen-bond acceptors (Lipinski definition) is 9. The molecule has 0 aliphatic carbocycles. The third kappa shape index (κ3) is 7.81. The summed E-state index contributed by atoms with van der Waals surface area (Å²) < 4.78 is 1.81. The van der Waals surface area contributed by atoms with Gasteiger partial charge in [-0.1, -0.05) is 18.2 Å². The van der Waals surface area contributed by atoms with Crippen molar-refractivity contribution in [2.45, 2.75) is 62.9 Å². The van der Waals surface area contributed by atoms with Gasteiger partial charge in [-0.2, -0.15) is 5.10 Å². The molecule has 3 atom stereocenters. The molecule has 1 aromatic heterocycles. The number of imide groups is 1. The van der Waals surface area contributed by atoms with Crippen molar-refractivity contribution in [3.8, 4) is 0 Å². The van der Waals surface area contributed by atoms with E-state index < -0.39 is 0 Å². The SMILES string of the molecule is Cc1cc(N2CCN(C3CCN(C(=O)c4ccc([C@@H]5C[C@H](Nc6cnn(C)c(=O)c6Br)CN(C)C5)cc4)CC3)CC2)ccc1C1CCC(=O)NC1=O. The molecular weight excluding hydrogens is 724 g/mol. The van der Waals surface area contributed by atoms with Gasteiger partial charge in [-0.05, 0) is 102 Å². The van der Waals surface area contributed by atoms with Crippen LogP contribution in [0.5, 0.6) is 0 Å². The largest absolute Gasteiger partial charge is 0.379 e. The zero-order valence-electron chi connectivity index (χ0n) is 30.3. The molecule has 4 saturated heterocycles. The number of hydrogen-bond donors (Lipinski definition) is 2. The Morgan fingerprint density at radius 3 is 2.35 bits per heavy atom. The molecule has 3 amide bonds. The number of likely N-dealkylation sites (N-methyl/N-ethyl adjacent to an activating group) is 1. The summed E-state index contributed by atoms with van der Waals surface area (Å²) in [4.78, 5) is 59.3. The summed E-state index contributed by atoms with van der Waals surface area (Å²) in [6, 6.07) is 15.2. The van der Waals surface area contributed by atoms with Gasteiger partial charge in [0.15, 0.2) is 0 Å². The van der Waals surface area contributed by atoms with Crippen molar-refractivity contribution in [2.75, 3.05) is 69.6 Å². The van der Waals surface area contributed by atoms with Crippen LogP contribution in [0.1, 0.15) is 71.0 Å². The molecule has 5 heterocycles. The summed E-state index contributed by atoms with van der Waals surface area (Å²) in [7, 11) is 3.75. The Morgan fingerprint density at radius 2 is 1.65 bits per heavy atom. The van der Waals surface area contributed by atoms with Gasteiger partial charge in [0.05, 0.1) is 17.8 Å². The average molecular weight is 774 g/mol. The summed E-state index contributed by atoms with van der Waals surface area (Å²) in [6.45, 7) is 9.23. The van der Waals surface area contributed by atoms with Gasteiger partial charge in [0.1, 0.15) is 4.47 Å². The Hall–Kier alpha value is -4.07. The fourth-order valence-corrected chi connectivity index (χ4v) is 9.07. The van der Waals surface area contributed by atoms with E-state index in [1.807, 2.05) is 17.0 Å². The van der Waals surface area contributed by atoms with Crippen LogP contribution in [-0.4, -0.2) is 114 Å². The molecule has 0 spiro atoms. The minimum absolute atomic E-state index is 0.106. The van der Waals surface area contributed by atoms with Gasteiger partial charge < -0.3 is 20.0 Å². The number of piperidine rings is 3. The zero-order chi connectivity index (χ0) is 36.5. The van der Waals surface area contributed by atoms with E-state index in [-0.39, 0.29) is 35.2 Å². The monoisotopic (exact) mass is 772 g/mol. The van der Waals surface area contributed by atoms with Gasteiger partial charge >= 0.3 is 0 Å². The quantitative estimate of drug-likeness (QED) is 0.347. The number of carbonyl (C=O) groups excluding carboxylic acids is 3. The number of benzene rings is 2. The Balaban J connectivity index is 0.884. The summed E-state index contributed by atoms with van der Waals surface area (Å²) >= 11 is 3.43. The van der Waals surface area contributed by atoms with Crippen LogP contribution in [0.4, 0.5) is 11.4 Å². The van der Waals surface area contributed by atoms with E-state index in [2.05, 4.69) is 90.7 Å². The molecule has 7 rings (SSSR count). The Kier molecular flexibility index (Phi) is 10.8. The zero-order valence-corrected chi connectivity index (χ0v) is 31.9. The van der Waals surface area contributed by atoms with Crippen molar-refractivity contribution in [1.29, 1.82) is 0 Å². The van der Waals surface area contributed by atoms with Crippen molar-refractivity contribution in [1.82, 2.24) is 29.8 Å². The number of nitrogens with one attached hydrogen (secondary N) is 2. The number of rotatable bonds is 7. The lowest BCUT2D eigenvalue weighted by Crippen LogP contribution is -2.53. The maximum Gasteiger partial charge on any atom is 0.282 e. The molecular formula is C39H49BrN8O4. The van der Waals surface area contributed by atoms with Crippen molar-refractivity contribution in [2.24, 2.45) is 7.05 Å². The second kappa shape index (κ2) is 15.5. The van der Waals surface area contributed by atoms with Gasteiger partial charge in [-0.25, -0.2) is 4.68 Å². The molecule has 0 saturated carbocycles. The highest BCUT2D eigenvalue weighted by Gasteiger charge is 2.32. The van der Waals surface area contributed by atoms with E-state index in [0.29, 0.717) is 35.0 Å². The number of nitrogens with zero attached hydrogens (tertiary/aromatic N) is 6. The van der Waals surface area contributed by atoms with E-state index in [1.165, 1.54) is 15.9 Å². The first-order valence-corrected chi connectivity index (χ1v) is 19.3. The van der Waals surface area contributed by atoms with Crippen LogP contribution in [-0.2, 0) is 16.6 Å². The molecule has 2 N–H and O–H groups in total. The maximum atomic E-state index is 13.6. The predicted molar refractivity (Wildman–Crippen MR) is 205 cm³/mol. The van der Waals surface area contributed by atoms with E-state index in [4.69, 9.17) is 0 Å². The van der Waals surface area contributed by atoms with Gasteiger partial charge in [0, 0.05) is 89.2 Å². The number of carbonyl (C=O) groups is 3. The number of likely N-dealkylation sites (tertiary alicyclic amines) is 2. The normalized spacial score (nSPS) is 23.8. The maximum absolute atomic E-state index is 13.6. The first-order chi connectivity index (χ1) is 25.0. The van der Waals surface area contributed by atoms with Crippen LogP contribution >= 0.6 is 15.9 Å². The summed E-state index contributed by atoms with van der Waals surface area (Å²) in [6.07, 6.45) is 5.51. The minimum Gasteiger partial charge on any atom is -0.379 e. The predicted octanol–water partition coefficient (Wildman–Crippen LogP) is 3.70. The van der Waals surface area contributed by atoms with Crippen molar-refractivity contribution in [3.63, 3.8) is 0 Å². The molecule has 2 aromatic carbocycles. The van der Waals surface area contributed by atoms with E-state index >= 15 is 0 Å². The highest BCUT2D eigenvalue weighted by atomic mass is 79.9. The molecule has 52 heavy (non-hydrogen) atoms. The second-order valence-electron chi connectivity index (χ2n) is 15.0. The Labute approximate surface area is 313 Å². The summed E-state index contributed by atoms with van der Waals surface area (Å²) in [5.74, 6) is -0.228. The van der Waals surface area contributed by atoms with Crippen molar-refractivity contribution >= 4 is 45.0 Å². The van der Waals surface area contributed by atoms with Crippen LogP contribution in [0, 0.1) is 6.92 Å². The molecule has 276 valence electrons. The molecule has 1 unspecified atom stereocenters. The van der Waals surface area contributed by atoms with Crippen LogP contribution in [0.15, 0.2) is 57.9 Å². The lowest BCUT2D eigenvalue weighted by Gasteiger charge is -2.43. The molecule has 0 radical (unpaired) electrons. The smallest absolute Gasteiger partial charge is 0.282 e. The van der Waals surface area contributed by atoms with Gasteiger partial charge in [0.25, 0.3) is 11.5 Å². The average Bonchev–Trinajstić information content (AvgIpc) is 3.15. The Bertz CT molecular complexity index is 1870. The summed E-state index contributed by atoms with van der Waals surface area (Å²) in [5.41, 5.74) is 5.78. The van der Waals surface area contributed by atoms with Gasteiger partial charge in [-0.15, -0.1) is 0 Å². The molecule has 4 aliphatic heterocycles. The molecule has 4 aliphatic rings. The van der Waals surface area contributed by atoms with Crippen LogP contribution in [0.2, 0.25) is 0 Å². The number of anilines is 2.